The van der Waals surface area contributed by atoms with Crippen LogP contribution in [-0.4, -0.2) is 0 Å². The first-order valence-electron chi connectivity index (χ1n) is 3.24. The van der Waals surface area contributed by atoms with E-state index in [0.717, 1.165) is 11.3 Å². The molecule has 10 heavy (non-hydrogen) atoms. The molecular weight excluding hydrogens is 164 g/mol. The Morgan fingerprint density at radius 2 is 1.90 bits per heavy atom. The Hall–Kier alpha value is -0.140. The van der Waals surface area contributed by atoms with Crippen LogP contribution in [0.15, 0.2) is 29.2 Å². The van der Waals surface area contributed by atoms with E-state index in [1.54, 1.807) is 0 Å². The smallest absolute Gasteiger partial charge is 0.0233 e. The quantitative estimate of drug-likeness (QED) is 0.658. The molecule has 0 nitrogen and oxygen atoms in total. The second-order valence-electron chi connectivity index (χ2n) is 2.07. The molecule has 0 heterocycles. The molecule has 0 saturated carbocycles. The van der Waals surface area contributed by atoms with E-state index in [1.165, 1.54) is 16.5 Å². The summed E-state index contributed by atoms with van der Waals surface area (Å²) in [5.74, 6) is 0. The normalized spacial score (nSPS) is 9.80. The summed E-state index contributed by atoms with van der Waals surface area (Å²) in [6.07, 6.45) is 1.09. The molecular formula is C8H9ClS. The number of hydrogen-bond acceptors (Lipinski definition) is 1. The van der Waals surface area contributed by atoms with Gasteiger partial charge in [-0.3, -0.25) is 0 Å². The fraction of sp³-hybridized carbons (Fsp3) is 0.250. The maximum absolute atomic E-state index is 5.54. The standard InChI is InChI=1S/C8H9ClS/c1-2-7-3-5-8(10-9)6-4-7/h3-6H,2H2,1H3. The number of halogens is 1. The van der Waals surface area contributed by atoms with Gasteiger partial charge in [-0.05, 0) is 45.8 Å². The van der Waals surface area contributed by atoms with Crippen LogP contribution in [0.5, 0.6) is 0 Å². The first-order chi connectivity index (χ1) is 4.86. The minimum atomic E-state index is 1.09. The SMILES string of the molecule is CCc1ccc(SCl)cc1. The highest BCUT2D eigenvalue weighted by Crippen LogP contribution is 2.21. The van der Waals surface area contributed by atoms with Gasteiger partial charge < -0.3 is 0 Å². The molecule has 0 aromatic heterocycles. The molecule has 0 amide bonds. The molecule has 54 valence electrons. The van der Waals surface area contributed by atoms with Crippen LogP contribution in [0.25, 0.3) is 0 Å². The summed E-state index contributed by atoms with van der Waals surface area (Å²) >= 11 is 0. The average Bonchev–Trinajstić information content (AvgIpc) is 2.05. The van der Waals surface area contributed by atoms with E-state index in [4.69, 9.17) is 10.7 Å². The highest BCUT2D eigenvalue weighted by atomic mass is 35.7. The van der Waals surface area contributed by atoms with Crippen molar-refractivity contribution in [1.82, 2.24) is 0 Å². The lowest BCUT2D eigenvalue weighted by Gasteiger charge is -1.95. The molecule has 0 unspecified atom stereocenters. The second-order valence-corrected chi connectivity index (χ2v) is 3.16. The lowest BCUT2D eigenvalue weighted by atomic mass is 10.2. The van der Waals surface area contributed by atoms with Gasteiger partial charge in [0.2, 0.25) is 0 Å². The van der Waals surface area contributed by atoms with Crippen LogP contribution >= 0.6 is 21.7 Å². The fourth-order valence-electron chi connectivity index (χ4n) is 0.777. The van der Waals surface area contributed by atoms with Crippen LogP contribution in [0.1, 0.15) is 12.5 Å². The van der Waals surface area contributed by atoms with Crippen LogP contribution in [-0.2, 0) is 6.42 Å². The van der Waals surface area contributed by atoms with Crippen LogP contribution in [0.4, 0.5) is 0 Å². The van der Waals surface area contributed by atoms with E-state index >= 15 is 0 Å². The Bertz CT molecular complexity index is 170. The van der Waals surface area contributed by atoms with Crippen molar-refractivity contribution in [3.63, 3.8) is 0 Å². The zero-order valence-corrected chi connectivity index (χ0v) is 7.38. The molecule has 0 radical (unpaired) electrons. The highest BCUT2D eigenvalue weighted by molar-refractivity contribution is 8.21. The van der Waals surface area contributed by atoms with E-state index in [-0.39, 0.29) is 0 Å². The molecule has 0 N–H and O–H groups in total. The zero-order chi connectivity index (χ0) is 7.40. The third-order valence-electron chi connectivity index (χ3n) is 1.42. The van der Waals surface area contributed by atoms with Gasteiger partial charge in [-0.1, -0.05) is 19.1 Å². The molecule has 1 aromatic carbocycles. The number of benzene rings is 1. The van der Waals surface area contributed by atoms with E-state index in [1.807, 2.05) is 12.1 Å². The van der Waals surface area contributed by atoms with Crippen LogP contribution in [0, 0.1) is 0 Å². The fourth-order valence-corrected chi connectivity index (χ4v) is 1.32. The monoisotopic (exact) mass is 172 g/mol. The Kier molecular flexibility index (Phi) is 3.10. The molecule has 0 aliphatic heterocycles. The third-order valence-corrected chi connectivity index (χ3v) is 2.41. The van der Waals surface area contributed by atoms with E-state index in [9.17, 15) is 0 Å². The predicted molar refractivity (Wildman–Crippen MR) is 47.5 cm³/mol. The van der Waals surface area contributed by atoms with Crippen molar-refractivity contribution in [3.8, 4) is 0 Å². The summed E-state index contributed by atoms with van der Waals surface area (Å²) in [6, 6.07) is 8.28. The van der Waals surface area contributed by atoms with Gasteiger partial charge in [-0.25, -0.2) is 0 Å². The largest absolute Gasteiger partial charge is 0.0613 e. The van der Waals surface area contributed by atoms with Crippen molar-refractivity contribution >= 4 is 21.7 Å². The maximum atomic E-state index is 5.54. The van der Waals surface area contributed by atoms with Crippen molar-refractivity contribution < 1.29 is 0 Å². The van der Waals surface area contributed by atoms with E-state index in [0.29, 0.717) is 0 Å². The minimum Gasteiger partial charge on any atom is -0.0613 e. The van der Waals surface area contributed by atoms with Crippen molar-refractivity contribution in [2.45, 2.75) is 18.2 Å². The highest BCUT2D eigenvalue weighted by Gasteiger charge is 1.90. The Balaban J connectivity index is 2.80. The zero-order valence-electron chi connectivity index (χ0n) is 5.80. The molecule has 1 rings (SSSR count). The van der Waals surface area contributed by atoms with Crippen LogP contribution < -0.4 is 0 Å². The van der Waals surface area contributed by atoms with Gasteiger partial charge in [0.1, 0.15) is 0 Å². The van der Waals surface area contributed by atoms with Gasteiger partial charge in [0.05, 0.1) is 0 Å². The summed E-state index contributed by atoms with van der Waals surface area (Å²) in [5, 5.41) is 0. The van der Waals surface area contributed by atoms with Gasteiger partial charge in [0, 0.05) is 4.90 Å². The number of rotatable bonds is 2. The van der Waals surface area contributed by atoms with Crippen molar-refractivity contribution in [2.24, 2.45) is 0 Å². The molecule has 0 spiro atoms. The average molecular weight is 173 g/mol. The molecule has 0 bridgehead atoms. The summed E-state index contributed by atoms with van der Waals surface area (Å²) < 4.78 is 0. The summed E-state index contributed by atoms with van der Waals surface area (Å²) in [4.78, 5) is 1.11. The molecule has 1 aromatic rings. The first kappa shape index (κ1) is 7.96. The molecule has 0 aliphatic rings. The van der Waals surface area contributed by atoms with Gasteiger partial charge in [0.25, 0.3) is 0 Å². The Morgan fingerprint density at radius 3 is 2.30 bits per heavy atom. The van der Waals surface area contributed by atoms with E-state index in [2.05, 4.69) is 19.1 Å². The summed E-state index contributed by atoms with van der Waals surface area (Å²) in [6.45, 7) is 2.14. The van der Waals surface area contributed by atoms with Crippen molar-refractivity contribution in [3.05, 3.63) is 29.8 Å². The third kappa shape index (κ3) is 1.93. The van der Waals surface area contributed by atoms with Crippen LogP contribution in [0.2, 0.25) is 0 Å². The minimum absolute atomic E-state index is 1.09. The lowest BCUT2D eigenvalue weighted by Crippen LogP contribution is -1.76. The van der Waals surface area contributed by atoms with Crippen molar-refractivity contribution in [2.75, 3.05) is 0 Å². The summed E-state index contributed by atoms with van der Waals surface area (Å²) in [7, 11) is 6.80. The lowest BCUT2D eigenvalue weighted by molar-refractivity contribution is 1.13. The number of hydrogen-bond donors (Lipinski definition) is 0. The summed E-state index contributed by atoms with van der Waals surface area (Å²) in [5.41, 5.74) is 1.36. The molecule has 0 saturated heterocycles. The van der Waals surface area contributed by atoms with Gasteiger partial charge in [-0.2, -0.15) is 0 Å². The maximum Gasteiger partial charge on any atom is 0.0233 e. The van der Waals surface area contributed by atoms with Gasteiger partial charge in [-0.15, -0.1) is 0 Å². The Morgan fingerprint density at radius 1 is 1.30 bits per heavy atom. The molecule has 0 aliphatic carbocycles. The predicted octanol–water partition coefficient (Wildman–Crippen LogP) is 3.49. The van der Waals surface area contributed by atoms with Crippen molar-refractivity contribution in [1.29, 1.82) is 0 Å². The Labute approximate surface area is 70.1 Å². The van der Waals surface area contributed by atoms with E-state index < -0.39 is 0 Å². The molecule has 2 heteroatoms. The topological polar surface area (TPSA) is 0 Å². The second kappa shape index (κ2) is 3.89. The van der Waals surface area contributed by atoms with Gasteiger partial charge in [0.15, 0.2) is 0 Å². The van der Waals surface area contributed by atoms with Gasteiger partial charge >= 0.3 is 0 Å². The number of aryl methyl sites for hydroxylation is 1. The molecule has 0 fully saturated rings. The first-order valence-corrected chi connectivity index (χ1v) is 4.88. The molecule has 0 atom stereocenters. The van der Waals surface area contributed by atoms with Crippen LogP contribution in [0.3, 0.4) is 0 Å².